The van der Waals surface area contributed by atoms with Crippen molar-refractivity contribution >= 4 is 13.8 Å². The predicted octanol–water partition coefficient (Wildman–Crippen LogP) is 4.75. The van der Waals surface area contributed by atoms with Crippen molar-refractivity contribution in [2.45, 2.75) is 77.2 Å². The summed E-state index contributed by atoms with van der Waals surface area (Å²) >= 11 is 0. The SMILES string of the molecule is CCCCCCCCCCCC=CC=CC=CC=CC=CC(=O)OCC(O)CO.C[N+](C)(C)CCOP(=O)([O-])O. The number of rotatable bonds is 22. The Morgan fingerprint density at radius 2 is 1.38 bits per heavy atom. The van der Waals surface area contributed by atoms with Gasteiger partial charge in [-0.2, -0.15) is 0 Å². The van der Waals surface area contributed by atoms with Crippen molar-refractivity contribution in [2.24, 2.45) is 0 Å². The second-order valence-corrected chi connectivity index (χ2v) is 11.5. The second-order valence-electron chi connectivity index (χ2n) is 10.3. The molecule has 9 nitrogen and oxygen atoms in total. The zero-order valence-electron chi connectivity index (χ0n) is 25.0. The number of unbranched alkanes of at least 4 members (excludes halogenated alkanes) is 9. The molecule has 0 saturated heterocycles. The maximum absolute atomic E-state index is 11.3. The topological polar surface area (TPSA) is 136 Å². The lowest BCUT2D eigenvalue weighted by Crippen LogP contribution is -2.37. The van der Waals surface area contributed by atoms with E-state index in [9.17, 15) is 14.3 Å². The highest BCUT2D eigenvalue weighted by molar-refractivity contribution is 7.44. The maximum Gasteiger partial charge on any atom is 0.330 e. The van der Waals surface area contributed by atoms with Crippen LogP contribution in [0.3, 0.4) is 0 Å². The van der Waals surface area contributed by atoms with Crippen LogP contribution in [-0.4, -0.2) is 79.2 Å². The summed E-state index contributed by atoms with van der Waals surface area (Å²) in [5.41, 5.74) is 0. The van der Waals surface area contributed by atoms with Gasteiger partial charge in [-0.05, 0) is 12.8 Å². The zero-order valence-corrected chi connectivity index (χ0v) is 25.9. The van der Waals surface area contributed by atoms with E-state index >= 15 is 0 Å². The summed E-state index contributed by atoms with van der Waals surface area (Å²) in [6, 6.07) is 0. The van der Waals surface area contributed by atoms with Crippen molar-refractivity contribution in [1.29, 1.82) is 0 Å². The van der Waals surface area contributed by atoms with E-state index in [1.54, 1.807) is 12.2 Å². The van der Waals surface area contributed by atoms with Gasteiger partial charge in [0.25, 0.3) is 7.82 Å². The number of aliphatic hydroxyl groups is 2. The summed E-state index contributed by atoms with van der Waals surface area (Å²) in [7, 11) is 1.19. The number of esters is 1. The molecule has 232 valence electrons. The van der Waals surface area contributed by atoms with Crippen molar-refractivity contribution in [3.05, 3.63) is 60.8 Å². The molecule has 0 fully saturated rings. The summed E-state index contributed by atoms with van der Waals surface area (Å²) in [6.07, 6.45) is 30.8. The molecule has 0 aliphatic carbocycles. The average Bonchev–Trinajstić information content (AvgIpc) is 2.87. The van der Waals surface area contributed by atoms with Crippen molar-refractivity contribution in [3.8, 4) is 0 Å². The first-order valence-electron chi connectivity index (χ1n) is 14.2. The first-order chi connectivity index (χ1) is 18.9. The van der Waals surface area contributed by atoms with Gasteiger partial charge in [0.05, 0.1) is 27.7 Å². The molecule has 2 unspecified atom stereocenters. The third-order valence-electron chi connectivity index (χ3n) is 5.27. The number of phosphoric acid groups is 1. The Kier molecular flexibility index (Phi) is 27.5. The summed E-state index contributed by atoms with van der Waals surface area (Å²) < 4.78 is 19.5. The molecular weight excluding hydrogens is 533 g/mol. The van der Waals surface area contributed by atoms with Gasteiger partial charge in [-0.1, -0.05) is 113 Å². The van der Waals surface area contributed by atoms with Gasteiger partial charge in [-0.25, -0.2) is 4.79 Å². The van der Waals surface area contributed by atoms with Crippen LogP contribution < -0.4 is 4.89 Å². The van der Waals surface area contributed by atoms with Crippen LogP contribution in [0.2, 0.25) is 0 Å². The average molecular weight is 588 g/mol. The third kappa shape index (κ3) is 38.3. The van der Waals surface area contributed by atoms with Crippen LogP contribution in [0.4, 0.5) is 0 Å². The van der Waals surface area contributed by atoms with Crippen LogP contribution in [0.25, 0.3) is 0 Å². The van der Waals surface area contributed by atoms with Gasteiger partial charge in [0.1, 0.15) is 25.9 Å². The standard InChI is InChI=1S/C25H40O4.C5H14NO4P/c1-2-3-4-5-6-7-8-9-10-11-12-13-14-15-16-17-18-19-20-21-25(28)29-23-24(27)22-26;1-6(2,3)4-5-10-11(7,8)9/h12-21,24,26-27H,2-11,22-23H2,1H3;4-5H2,1-3H3,(H-,7,8,9). The number of ether oxygens (including phenoxy) is 1. The fraction of sp³-hybridized carbons (Fsp3) is 0.633. The minimum absolute atomic E-state index is 0.0147. The van der Waals surface area contributed by atoms with E-state index in [4.69, 9.17) is 19.8 Å². The molecule has 0 rings (SSSR count). The van der Waals surface area contributed by atoms with Crippen LogP contribution in [0.15, 0.2) is 60.8 Å². The van der Waals surface area contributed by atoms with Crippen LogP contribution in [-0.2, 0) is 18.6 Å². The van der Waals surface area contributed by atoms with Crippen LogP contribution in [0.5, 0.6) is 0 Å². The Morgan fingerprint density at radius 1 is 0.875 bits per heavy atom. The van der Waals surface area contributed by atoms with Crippen LogP contribution in [0.1, 0.15) is 71.1 Å². The third-order valence-corrected chi connectivity index (χ3v) is 5.77. The lowest BCUT2D eigenvalue weighted by atomic mass is 10.1. The molecule has 0 heterocycles. The van der Waals surface area contributed by atoms with E-state index < -0.39 is 26.5 Å². The number of allylic oxidation sites excluding steroid dienone is 9. The van der Waals surface area contributed by atoms with Gasteiger partial charge in [0.2, 0.25) is 0 Å². The van der Waals surface area contributed by atoms with Gasteiger partial charge in [-0.3, -0.25) is 4.57 Å². The Morgan fingerprint density at radius 3 is 1.88 bits per heavy atom. The van der Waals surface area contributed by atoms with Gasteiger partial charge in [-0.15, -0.1) is 0 Å². The lowest BCUT2D eigenvalue weighted by molar-refractivity contribution is -0.870. The predicted molar refractivity (Wildman–Crippen MR) is 160 cm³/mol. The highest BCUT2D eigenvalue weighted by Gasteiger charge is 2.09. The van der Waals surface area contributed by atoms with Crippen molar-refractivity contribution in [1.82, 2.24) is 0 Å². The Bertz CT molecular complexity index is 794. The Hall–Kier alpha value is -1.84. The first-order valence-corrected chi connectivity index (χ1v) is 15.7. The van der Waals surface area contributed by atoms with E-state index in [-0.39, 0.29) is 13.2 Å². The molecule has 0 aliphatic heterocycles. The molecule has 0 aromatic heterocycles. The van der Waals surface area contributed by atoms with Crippen LogP contribution >= 0.6 is 7.82 Å². The maximum atomic E-state index is 11.3. The number of likely N-dealkylation sites (N-methyl/N-ethyl adjacent to an activating group) is 1. The van der Waals surface area contributed by atoms with E-state index in [1.165, 1.54) is 63.9 Å². The normalized spacial score (nSPS) is 14.8. The molecule has 0 aromatic carbocycles. The largest absolute Gasteiger partial charge is 0.756 e. The van der Waals surface area contributed by atoms with Gasteiger partial charge in [0.15, 0.2) is 0 Å². The molecule has 0 saturated carbocycles. The number of quaternary nitrogens is 1. The quantitative estimate of drug-likeness (QED) is 0.0412. The lowest BCUT2D eigenvalue weighted by Gasteiger charge is -2.25. The summed E-state index contributed by atoms with van der Waals surface area (Å²) in [6.45, 7) is 2.17. The number of carbonyl (C=O) groups is 1. The molecule has 3 N–H and O–H groups in total. The zero-order chi connectivity index (χ0) is 30.5. The minimum Gasteiger partial charge on any atom is -0.756 e. The first kappa shape index (κ1) is 40.3. The highest BCUT2D eigenvalue weighted by atomic mass is 31.2. The summed E-state index contributed by atoms with van der Waals surface area (Å²) in [5.74, 6) is -0.553. The number of carbonyl (C=O) groups excluding carboxylic acids is 1. The van der Waals surface area contributed by atoms with Crippen molar-refractivity contribution in [3.63, 3.8) is 0 Å². The Balaban J connectivity index is 0. The van der Waals surface area contributed by atoms with E-state index in [0.29, 0.717) is 11.0 Å². The van der Waals surface area contributed by atoms with Crippen molar-refractivity contribution in [2.75, 3.05) is 47.5 Å². The summed E-state index contributed by atoms with van der Waals surface area (Å²) in [5, 5.41) is 17.7. The molecule has 40 heavy (non-hydrogen) atoms. The fourth-order valence-corrected chi connectivity index (χ4v) is 3.29. The molecule has 10 heteroatoms. The molecule has 0 aliphatic rings. The minimum atomic E-state index is -4.51. The number of hydrogen-bond acceptors (Lipinski definition) is 7. The molecule has 0 aromatic rings. The number of phosphoric ester groups is 1. The van der Waals surface area contributed by atoms with E-state index in [0.717, 1.165) is 6.42 Å². The summed E-state index contributed by atoms with van der Waals surface area (Å²) in [4.78, 5) is 29.5. The fourth-order valence-electron chi connectivity index (χ4n) is 2.98. The number of aliphatic hydroxyl groups excluding tert-OH is 2. The Labute approximate surface area is 242 Å². The second kappa shape index (κ2) is 27.3. The molecule has 2 atom stereocenters. The number of nitrogens with zero attached hydrogens (tertiary/aromatic N) is 1. The van der Waals surface area contributed by atoms with Gasteiger partial charge < -0.3 is 33.7 Å². The molecule has 0 radical (unpaired) electrons. The molecule has 0 bridgehead atoms. The highest BCUT2D eigenvalue weighted by Crippen LogP contribution is 2.29. The van der Waals surface area contributed by atoms with E-state index in [1.807, 2.05) is 51.5 Å². The van der Waals surface area contributed by atoms with Gasteiger partial charge >= 0.3 is 5.97 Å². The van der Waals surface area contributed by atoms with Crippen molar-refractivity contribution < 1.29 is 43.1 Å². The smallest absolute Gasteiger partial charge is 0.330 e. The van der Waals surface area contributed by atoms with Gasteiger partial charge in [0, 0.05) is 6.08 Å². The number of hydrogen-bond donors (Lipinski definition) is 3. The molecular formula is C30H54NO8P. The van der Waals surface area contributed by atoms with Crippen LogP contribution in [0, 0.1) is 0 Å². The molecule has 0 spiro atoms. The molecule has 0 amide bonds. The van der Waals surface area contributed by atoms with E-state index in [2.05, 4.69) is 23.6 Å². The monoisotopic (exact) mass is 587 g/mol.